The number of carbonyl (C=O) groups excluding carboxylic acids is 1. The molecule has 1 heterocycles. The number of phenols is 1. The van der Waals surface area contributed by atoms with Crippen LogP contribution < -0.4 is 20.9 Å². The number of hydrogen-bond acceptors (Lipinski definition) is 6. The monoisotopic (exact) mass is 376 g/mol. The normalized spacial score (nSPS) is 14.4. The molecule has 0 saturated carbocycles. The predicted octanol–water partition coefficient (Wildman–Crippen LogP) is 1.20. The summed E-state index contributed by atoms with van der Waals surface area (Å²) in [6.45, 7) is 1.66. The van der Waals surface area contributed by atoms with Crippen molar-refractivity contribution in [2.24, 2.45) is 0 Å². The molecule has 2 aromatic rings. The summed E-state index contributed by atoms with van der Waals surface area (Å²) in [5.74, 6) is -0.623. The van der Waals surface area contributed by atoms with Crippen LogP contribution in [0.5, 0.6) is 5.75 Å². The lowest BCUT2D eigenvalue weighted by atomic mass is 10.2. The Balaban J connectivity index is 1.74. The molecule has 1 saturated heterocycles. The summed E-state index contributed by atoms with van der Waals surface area (Å²) in [6, 6.07) is 9.89. The second kappa shape index (κ2) is 7.22. The van der Waals surface area contributed by atoms with Crippen molar-refractivity contribution >= 4 is 27.3 Å². The zero-order valence-electron chi connectivity index (χ0n) is 14.0. The molecular formula is C17H20N4O4S. The van der Waals surface area contributed by atoms with Gasteiger partial charge in [0.1, 0.15) is 5.75 Å². The molecule has 1 fully saturated rings. The average molecular weight is 376 g/mol. The van der Waals surface area contributed by atoms with Gasteiger partial charge in [0, 0.05) is 18.7 Å². The van der Waals surface area contributed by atoms with Gasteiger partial charge in [0.2, 0.25) is 0 Å². The van der Waals surface area contributed by atoms with E-state index in [1.54, 1.807) is 6.07 Å². The molecule has 0 atom stereocenters. The number of amides is 1. The van der Waals surface area contributed by atoms with Crippen molar-refractivity contribution in [3.05, 3.63) is 48.0 Å². The van der Waals surface area contributed by atoms with Gasteiger partial charge in [0.25, 0.3) is 15.9 Å². The number of hydrazine groups is 1. The van der Waals surface area contributed by atoms with E-state index >= 15 is 0 Å². The van der Waals surface area contributed by atoms with E-state index in [1.807, 2.05) is 4.90 Å². The number of nitrogens with two attached hydrogens (primary N) is 1. The Labute approximate surface area is 151 Å². The van der Waals surface area contributed by atoms with Crippen LogP contribution >= 0.6 is 0 Å². The Morgan fingerprint density at radius 3 is 2.38 bits per heavy atom. The van der Waals surface area contributed by atoms with Crippen molar-refractivity contribution in [3.63, 3.8) is 0 Å². The number of nitrogens with one attached hydrogen (secondary N) is 2. The first-order chi connectivity index (χ1) is 12.4. The number of nitrogen functional groups attached to an aromatic ring is 1. The van der Waals surface area contributed by atoms with Crippen molar-refractivity contribution in [3.8, 4) is 5.75 Å². The lowest BCUT2D eigenvalue weighted by Crippen LogP contribution is -2.41. The zero-order chi connectivity index (χ0) is 18.7. The molecule has 1 aliphatic heterocycles. The van der Waals surface area contributed by atoms with Gasteiger partial charge in [0.15, 0.2) is 0 Å². The summed E-state index contributed by atoms with van der Waals surface area (Å²) in [4.78, 5) is 16.2. The highest BCUT2D eigenvalue weighted by molar-refractivity contribution is 7.89. The summed E-state index contributed by atoms with van der Waals surface area (Å²) in [7, 11) is -3.95. The van der Waals surface area contributed by atoms with Gasteiger partial charge in [-0.1, -0.05) is 0 Å². The van der Waals surface area contributed by atoms with Crippen molar-refractivity contribution < 1.29 is 18.3 Å². The Morgan fingerprint density at radius 1 is 1.08 bits per heavy atom. The third-order valence-corrected chi connectivity index (χ3v) is 5.43. The molecule has 5 N–H and O–H groups in total. The number of anilines is 2. The van der Waals surface area contributed by atoms with Gasteiger partial charge in [-0.25, -0.2) is 8.42 Å². The minimum absolute atomic E-state index is 0.0125. The van der Waals surface area contributed by atoms with Gasteiger partial charge in [-0.15, -0.1) is 4.83 Å². The first kappa shape index (κ1) is 18.0. The highest BCUT2D eigenvalue weighted by Crippen LogP contribution is 2.29. The molecule has 1 aliphatic rings. The number of benzene rings is 2. The van der Waals surface area contributed by atoms with Gasteiger partial charge < -0.3 is 15.7 Å². The lowest BCUT2D eigenvalue weighted by molar-refractivity contribution is 0.0945. The van der Waals surface area contributed by atoms with Gasteiger partial charge in [-0.3, -0.25) is 10.2 Å². The van der Waals surface area contributed by atoms with Gasteiger partial charge in [-0.05, 0) is 55.3 Å². The highest BCUT2D eigenvalue weighted by Gasteiger charge is 2.20. The first-order valence-corrected chi connectivity index (χ1v) is 9.61. The number of aromatic hydroxyl groups is 1. The van der Waals surface area contributed by atoms with E-state index in [2.05, 4.69) is 10.3 Å². The highest BCUT2D eigenvalue weighted by atomic mass is 32.2. The smallest absolute Gasteiger partial charge is 0.266 e. The van der Waals surface area contributed by atoms with Crippen LogP contribution in [0.25, 0.3) is 0 Å². The standard InChI is InChI=1S/C17H20N4O4S/c18-15-8-7-14(11-16(15)21-9-1-2-10-21)26(24,25)20-19-17(23)12-3-5-13(22)6-4-12/h3-8,11,20,22H,1-2,9-10,18H2,(H,19,23). The predicted molar refractivity (Wildman–Crippen MR) is 98.2 cm³/mol. The maximum absolute atomic E-state index is 12.5. The third-order valence-electron chi connectivity index (χ3n) is 4.19. The van der Waals surface area contributed by atoms with E-state index in [1.165, 1.54) is 36.4 Å². The molecule has 138 valence electrons. The van der Waals surface area contributed by atoms with Crippen LogP contribution in [0, 0.1) is 0 Å². The van der Waals surface area contributed by atoms with Crippen LogP contribution in [0.1, 0.15) is 23.2 Å². The fourth-order valence-electron chi connectivity index (χ4n) is 2.78. The molecule has 8 nitrogen and oxygen atoms in total. The second-order valence-electron chi connectivity index (χ2n) is 6.02. The molecule has 0 unspecified atom stereocenters. The second-order valence-corrected chi connectivity index (χ2v) is 7.70. The quantitative estimate of drug-likeness (QED) is 0.459. The fourth-order valence-corrected chi connectivity index (χ4v) is 3.64. The molecular weight excluding hydrogens is 356 g/mol. The minimum Gasteiger partial charge on any atom is -0.508 e. The van der Waals surface area contributed by atoms with Gasteiger partial charge >= 0.3 is 0 Å². The average Bonchev–Trinajstić information content (AvgIpc) is 3.15. The maximum Gasteiger partial charge on any atom is 0.266 e. The summed E-state index contributed by atoms with van der Waals surface area (Å²) in [5, 5.41) is 9.23. The molecule has 1 amide bonds. The summed E-state index contributed by atoms with van der Waals surface area (Å²) < 4.78 is 25.0. The lowest BCUT2D eigenvalue weighted by Gasteiger charge is -2.20. The van der Waals surface area contributed by atoms with E-state index in [9.17, 15) is 18.3 Å². The number of hydrogen-bond donors (Lipinski definition) is 4. The van der Waals surface area contributed by atoms with E-state index in [0.717, 1.165) is 25.9 Å². The topological polar surface area (TPSA) is 125 Å². The van der Waals surface area contributed by atoms with Gasteiger partial charge in [0.05, 0.1) is 16.3 Å². The first-order valence-electron chi connectivity index (χ1n) is 8.12. The summed E-state index contributed by atoms with van der Waals surface area (Å²) in [6.07, 6.45) is 2.08. The van der Waals surface area contributed by atoms with Crippen molar-refractivity contribution in [2.45, 2.75) is 17.7 Å². The molecule has 0 radical (unpaired) electrons. The van der Waals surface area contributed by atoms with Crippen LogP contribution in [-0.4, -0.2) is 32.5 Å². The Hall–Kier alpha value is -2.78. The Bertz CT molecular complexity index is 907. The Kier molecular flexibility index (Phi) is 5.01. The third kappa shape index (κ3) is 3.89. The number of phenolic OH excluding ortho intramolecular Hbond substituents is 1. The molecule has 2 aromatic carbocycles. The maximum atomic E-state index is 12.5. The minimum atomic E-state index is -3.95. The molecule has 0 bridgehead atoms. The largest absolute Gasteiger partial charge is 0.508 e. The van der Waals surface area contributed by atoms with E-state index in [4.69, 9.17) is 5.73 Å². The number of carbonyl (C=O) groups is 1. The zero-order valence-corrected chi connectivity index (χ0v) is 14.8. The van der Waals surface area contributed by atoms with E-state index in [-0.39, 0.29) is 16.2 Å². The fraction of sp³-hybridized carbons (Fsp3) is 0.235. The molecule has 0 aromatic heterocycles. The van der Waals surface area contributed by atoms with Crippen LogP contribution in [0.3, 0.4) is 0 Å². The molecule has 3 rings (SSSR count). The molecule has 0 spiro atoms. The molecule has 26 heavy (non-hydrogen) atoms. The van der Waals surface area contributed by atoms with Crippen molar-refractivity contribution in [1.82, 2.24) is 10.3 Å². The molecule has 9 heteroatoms. The Morgan fingerprint density at radius 2 is 1.73 bits per heavy atom. The summed E-state index contributed by atoms with van der Waals surface area (Å²) >= 11 is 0. The number of rotatable bonds is 5. The van der Waals surface area contributed by atoms with Crippen LogP contribution in [0.15, 0.2) is 47.4 Å². The number of nitrogens with zero attached hydrogens (tertiary/aromatic N) is 1. The van der Waals surface area contributed by atoms with Crippen LogP contribution in [0.4, 0.5) is 11.4 Å². The molecule has 0 aliphatic carbocycles. The van der Waals surface area contributed by atoms with E-state index < -0.39 is 15.9 Å². The van der Waals surface area contributed by atoms with Crippen molar-refractivity contribution in [2.75, 3.05) is 23.7 Å². The van der Waals surface area contributed by atoms with Crippen LogP contribution in [-0.2, 0) is 10.0 Å². The summed E-state index contributed by atoms with van der Waals surface area (Å²) in [5.41, 5.74) is 9.53. The number of sulfonamides is 1. The van der Waals surface area contributed by atoms with Crippen LogP contribution in [0.2, 0.25) is 0 Å². The van der Waals surface area contributed by atoms with E-state index in [0.29, 0.717) is 11.4 Å². The van der Waals surface area contributed by atoms with Gasteiger partial charge in [-0.2, -0.15) is 0 Å². The van der Waals surface area contributed by atoms with Crippen molar-refractivity contribution in [1.29, 1.82) is 0 Å². The SMILES string of the molecule is Nc1ccc(S(=O)(=O)NNC(=O)c2ccc(O)cc2)cc1N1CCCC1.